The molecule has 6 rings (SSSR count). The second-order valence-corrected chi connectivity index (χ2v) is 11.9. The van der Waals surface area contributed by atoms with Gasteiger partial charge in [-0.15, -0.1) is 0 Å². The van der Waals surface area contributed by atoms with E-state index in [4.69, 9.17) is 0 Å². The number of ketones is 1. The van der Waals surface area contributed by atoms with E-state index in [1.165, 1.54) is 6.08 Å². The quantitative estimate of drug-likeness (QED) is 0.148. The van der Waals surface area contributed by atoms with Crippen molar-refractivity contribution in [1.82, 2.24) is 0 Å². The van der Waals surface area contributed by atoms with Gasteiger partial charge in [0.25, 0.3) is 0 Å². The van der Waals surface area contributed by atoms with Gasteiger partial charge in [-0.2, -0.15) is 0 Å². The molecule has 0 amide bonds. The van der Waals surface area contributed by atoms with Gasteiger partial charge in [-0.3, -0.25) is 9.59 Å². The maximum Gasteiger partial charge on any atom is 0.186 e. The summed E-state index contributed by atoms with van der Waals surface area (Å²) in [4.78, 5) is 24.7. The first-order chi connectivity index (χ1) is 20.2. The molecule has 2 aliphatic carbocycles. The Hall–Kier alpha value is -5.02. The summed E-state index contributed by atoms with van der Waals surface area (Å²) in [5, 5.41) is 15.1. The molecular weight excluding hydrogens is 516 g/mol. The monoisotopic (exact) mass is 548 g/mol. The number of allylic oxidation sites excluding steroid dienone is 10. The summed E-state index contributed by atoms with van der Waals surface area (Å²) in [5.74, 6) is 0.0570. The molecule has 2 aliphatic rings. The molecule has 206 valence electrons. The van der Waals surface area contributed by atoms with E-state index in [1.54, 1.807) is 18.2 Å². The first-order valence-corrected chi connectivity index (χ1v) is 14.2. The van der Waals surface area contributed by atoms with Crippen LogP contribution in [-0.2, 0) is 0 Å². The van der Waals surface area contributed by atoms with Crippen molar-refractivity contribution in [2.75, 3.05) is 0 Å². The van der Waals surface area contributed by atoms with Crippen LogP contribution in [0.5, 0.6) is 0 Å². The number of benzene rings is 4. The molecule has 3 heteroatoms. The van der Waals surface area contributed by atoms with E-state index in [0.29, 0.717) is 11.1 Å². The van der Waals surface area contributed by atoms with Crippen molar-refractivity contribution in [2.45, 2.75) is 26.7 Å². The number of hydrogen-bond donors (Lipinski definition) is 1. The Bertz CT molecular complexity index is 1960. The third-order valence-electron chi connectivity index (χ3n) is 8.11. The average Bonchev–Trinajstić information content (AvgIpc) is 3.21. The van der Waals surface area contributed by atoms with Crippen molar-refractivity contribution >= 4 is 44.9 Å². The van der Waals surface area contributed by atoms with Gasteiger partial charge in [-0.25, -0.2) is 0 Å². The molecule has 0 radical (unpaired) electrons. The molecule has 0 saturated heterocycles. The minimum absolute atomic E-state index is 0.0327. The van der Waals surface area contributed by atoms with Gasteiger partial charge >= 0.3 is 0 Å². The van der Waals surface area contributed by atoms with Crippen LogP contribution in [0.1, 0.15) is 58.5 Å². The summed E-state index contributed by atoms with van der Waals surface area (Å²) in [7, 11) is 0. The highest BCUT2D eigenvalue weighted by Gasteiger charge is 2.26. The van der Waals surface area contributed by atoms with Crippen molar-refractivity contribution in [1.29, 1.82) is 0 Å². The van der Waals surface area contributed by atoms with Crippen molar-refractivity contribution in [3.63, 3.8) is 0 Å². The normalized spacial score (nSPS) is 17.5. The topological polar surface area (TPSA) is 54.4 Å². The Kier molecular flexibility index (Phi) is 6.96. The lowest BCUT2D eigenvalue weighted by Crippen LogP contribution is -2.16. The van der Waals surface area contributed by atoms with Crippen molar-refractivity contribution in [3.8, 4) is 0 Å². The summed E-state index contributed by atoms with van der Waals surface area (Å²) >= 11 is 0. The van der Waals surface area contributed by atoms with E-state index in [-0.39, 0.29) is 17.0 Å². The van der Waals surface area contributed by atoms with Gasteiger partial charge in [0.2, 0.25) is 0 Å². The van der Waals surface area contributed by atoms with Gasteiger partial charge in [0.05, 0.1) is 0 Å². The Morgan fingerprint density at radius 1 is 0.857 bits per heavy atom. The summed E-state index contributed by atoms with van der Waals surface area (Å²) in [6.45, 7) is 8.75. The lowest BCUT2D eigenvalue weighted by atomic mass is 9.75. The largest absolute Gasteiger partial charge is 0.507 e. The summed E-state index contributed by atoms with van der Waals surface area (Å²) in [6.07, 6.45) is 14.0. The van der Waals surface area contributed by atoms with Crippen LogP contribution in [0, 0.1) is 5.41 Å². The third-order valence-corrected chi connectivity index (χ3v) is 8.11. The Morgan fingerprint density at radius 3 is 2.14 bits per heavy atom. The van der Waals surface area contributed by atoms with Crippen LogP contribution in [0.4, 0.5) is 0 Å². The van der Waals surface area contributed by atoms with Gasteiger partial charge in [-0.05, 0) is 92.4 Å². The minimum atomic E-state index is -0.201. The standard InChI is InChI=1S/C39H32O3/c1-25-33(38(42)36-21-31-13-7-6-11-29(31)19-34(25)36)16-15-27-17-26(22-39(2,3)23-27)9-8-14-37(41)35-20-30-12-5-4-10-28(30)18-32(35)24-40/h4-21,24,42H,1,22-23H2,2-3H3. The van der Waals surface area contributed by atoms with E-state index in [0.717, 1.165) is 74.1 Å². The van der Waals surface area contributed by atoms with E-state index in [1.807, 2.05) is 60.7 Å². The fourth-order valence-electron chi connectivity index (χ4n) is 6.13. The van der Waals surface area contributed by atoms with E-state index in [2.05, 4.69) is 44.7 Å². The maximum absolute atomic E-state index is 13.0. The number of aliphatic hydroxyl groups excluding tert-OH is 1. The average molecular weight is 549 g/mol. The van der Waals surface area contributed by atoms with Crippen LogP contribution >= 0.6 is 0 Å². The fourth-order valence-corrected chi connectivity index (χ4v) is 6.13. The molecule has 0 atom stereocenters. The third kappa shape index (κ3) is 5.22. The number of aliphatic hydroxyl groups is 1. The first-order valence-electron chi connectivity index (χ1n) is 14.2. The van der Waals surface area contributed by atoms with Gasteiger partial charge in [0.15, 0.2) is 12.1 Å². The molecule has 0 spiro atoms. The predicted molar refractivity (Wildman–Crippen MR) is 174 cm³/mol. The number of carbonyl (C=O) groups excluding carboxylic acids is 2. The van der Waals surface area contributed by atoms with Crippen LogP contribution in [-0.4, -0.2) is 17.2 Å². The molecule has 0 heterocycles. The molecule has 4 aromatic carbocycles. The van der Waals surface area contributed by atoms with Crippen LogP contribution in [0.3, 0.4) is 0 Å². The highest BCUT2D eigenvalue weighted by atomic mass is 16.3. The summed E-state index contributed by atoms with van der Waals surface area (Å²) < 4.78 is 0. The molecule has 0 bridgehead atoms. The lowest BCUT2D eigenvalue weighted by Gasteiger charge is -2.30. The van der Waals surface area contributed by atoms with Crippen LogP contribution in [0.15, 0.2) is 133 Å². The highest BCUT2D eigenvalue weighted by Crippen LogP contribution is 2.43. The molecule has 0 unspecified atom stereocenters. The molecule has 0 aliphatic heterocycles. The number of hydrogen-bond acceptors (Lipinski definition) is 3. The summed E-state index contributed by atoms with van der Waals surface area (Å²) in [5.41, 5.74) is 6.42. The van der Waals surface area contributed by atoms with Crippen molar-refractivity contribution < 1.29 is 14.7 Å². The molecule has 42 heavy (non-hydrogen) atoms. The Balaban J connectivity index is 1.25. The molecule has 0 aromatic heterocycles. The van der Waals surface area contributed by atoms with Gasteiger partial charge in [-0.1, -0.05) is 99.3 Å². The highest BCUT2D eigenvalue weighted by molar-refractivity contribution is 6.12. The molecule has 0 saturated carbocycles. The van der Waals surface area contributed by atoms with E-state index < -0.39 is 0 Å². The van der Waals surface area contributed by atoms with Gasteiger partial charge in [0.1, 0.15) is 5.76 Å². The minimum Gasteiger partial charge on any atom is -0.507 e. The van der Waals surface area contributed by atoms with E-state index in [9.17, 15) is 14.7 Å². The van der Waals surface area contributed by atoms with Crippen LogP contribution in [0.25, 0.3) is 32.9 Å². The number of rotatable bonds is 6. The van der Waals surface area contributed by atoms with E-state index >= 15 is 0 Å². The number of aldehydes is 1. The molecule has 1 N–H and O–H groups in total. The summed E-state index contributed by atoms with van der Waals surface area (Å²) in [6, 6.07) is 23.5. The van der Waals surface area contributed by atoms with Gasteiger partial charge in [0, 0.05) is 22.3 Å². The van der Waals surface area contributed by atoms with Crippen molar-refractivity contribution in [3.05, 3.63) is 155 Å². The Labute approximate surface area is 246 Å². The SMILES string of the molecule is C=C1C(C=CC2=CC(=CC=CC(=O)c3cc4ccccc4cc3C=O)CC(C)(C)C2)=C(O)c2cc3ccccc3cc21. The zero-order valence-electron chi connectivity index (χ0n) is 23.9. The predicted octanol–water partition coefficient (Wildman–Crippen LogP) is 9.77. The van der Waals surface area contributed by atoms with Crippen LogP contribution in [0.2, 0.25) is 0 Å². The fraction of sp³-hybridized carbons (Fsp3) is 0.128. The zero-order chi connectivity index (χ0) is 29.4. The van der Waals surface area contributed by atoms with Gasteiger partial charge < -0.3 is 5.11 Å². The van der Waals surface area contributed by atoms with Crippen LogP contribution < -0.4 is 0 Å². The first kappa shape index (κ1) is 27.2. The lowest BCUT2D eigenvalue weighted by molar-refractivity contribution is 0.103. The molecule has 0 fully saturated rings. The maximum atomic E-state index is 13.0. The second-order valence-electron chi connectivity index (χ2n) is 11.9. The Morgan fingerprint density at radius 2 is 1.48 bits per heavy atom. The second kappa shape index (κ2) is 10.8. The number of carbonyl (C=O) groups is 2. The molecular formula is C39H32O3. The molecule has 4 aromatic rings. The smallest absolute Gasteiger partial charge is 0.186 e. The molecule has 3 nitrogen and oxygen atoms in total. The zero-order valence-corrected chi connectivity index (χ0v) is 23.9. The number of fused-ring (bicyclic) bond motifs is 3. The van der Waals surface area contributed by atoms with Crippen molar-refractivity contribution in [2.24, 2.45) is 5.41 Å².